The highest BCUT2D eigenvalue weighted by atomic mass is 35.5. The van der Waals surface area contributed by atoms with Crippen molar-refractivity contribution in [3.05, 3.63) is 53.2 Å². The van der Waals surface area contributed by atoms with Gasteiger partial charge in [0.05, 0.1) is 6.26 Å². The number of halogens is 1. The third-order valence-electron chi connectivity index (χ3n) is 3.80. The van der Waals surface area contributed by atoms with Gasteiger partial charge in [0.2, 0.25) is 0 Å². The molecule has 0 aromatic carbocycles. The van der Waals surface area contributed by atoms with E-state index in [0.29, 0.717) is 42.4 Å². The lowest BCUT2D eigenvalue weighted by atomic mass is 10.0. The van der Waals surface area contributed by atoms with Crippen LogP contribution in [0.5, 0.6) is 0 Å². The first-order valence-electron chi connectivity index (χ1n) is 7.38. The first kappa shape index (κ1) is 15.6. The second-order valence-corrected chi connectivity index (χ2v) is 5.81. The number of aromatic nitrogens is 1. The van der Waals surface area contributed by atoms with Crippen LogP contribution >= 0.6 is 11.6 Å². The Bertz CT molecular complexity index is 694. The molecule has 2 aromatic heterocycles. The highest BCUT2D eigenvalue weighted by Gasteiger charge is 2.26. The summed E-state index contributed by atoms with van der Waals surface area (Å²) >= 11 is 5.86. The van der Waals surface area contributed by atoms with E-state index in [-0.39, 0.29) is 17.9 Å². The molecule has 2 amide bonds. The van der Waals surface area contributed by atoms with Crippen LogP contribution < -0.4 is 5.32 Å². The van der Waals surface area contributed by atoms with Gasteiger partial charge in [-0.15, -0.1) is 0 Å². The van der Waals surface area contributed by atoms with Crippen LogP contribution in [0.4, 0.5) is 0 Å². The molecular weight excluding hydrogens is 318 g/mol. The summed E-state index contributed by atoms with van der Waals surface area (Å²) in [6, 6.07) is 6.52. The number of hydrogen-bond donors (Lipinski definition) is 1. The smallest absolute Gasteiger partial charge is 0.289 e. The van der Waals surface area contributed by atoms with Crippen molar-refractivity contribution in [2.24, 2.45) is 0 Å². The van der Waals surface area contributed by atoms with Gasteiger partial charge in [-0.2, -0.15) is 0 Å². The van der Waals surface area contributed by atoms with Crippen molar-refractivity contribution in [2.75, 3.05) is 13.1 Å². The summed E-state index contributed by atoms with van der Waals surface area (Å²) in [7, 11) is 0. The quantitative estimate of drug-likeness (QED) is 0.935. The SMILES string of the molecule is O=C(NC1CCN(C(=O)c2ccco2)CC1)c1cc(Cl)ccn1. The lowest BCUT2D eigenvalue weighted by Gasteiger charge is -2.31. The number of carbonyl (C=O) groups is 2. The summed E-state index contributed by atoms with van der Waals surface area (Å²) in [5.74, 6) is -0.0183. The van der Waals surface area contributed by atoms with Crippen molar-refractivity contribution in [1.29, 1.82) is 0 Å². The zero-order valence-corrected chi connectivity index (χ0v) is 13.1. The standard InChI is InChI=1S/C16H16ClN3O3/c17-11-3-6-18-13(10-11)15(21)19-12-4-7-20(8-5-12)16(22)14-2-1-9-23-14/h1-3,6,9-10,12H,4-5,7-8H2,(H,19,21). The molecule has 0 aliphatic carbocycles. The summed E-state index contributed by atoms with van der Waals surface area (Å²) in [6.45, 7) is 1.15. The average molecular weight is 334 g/mol. The summed E-state index contributed by atoms with van der Waals surface area (Å²) in [5, 5.41) is 3.41. The molecule has 23 heavy (non-hydrogen) atoms. The van der Waals surface area contributed by atoms with E-state index >= 15 is 0 Å². The fraction of sp³-hybridized carbons (Fsp3) is 0.312. The molecule has 0 bridgehead atoms. The van der Waals surface area contributed by atoms with Crippen molar-refractivity contribution < 1.29 is 14.0 Å². The van der Waals surface area contributed by atoms with E-state index in [1.54, 1.807) is 23.1 Å². The maximum Gasteiger partial charge on any atom is 0.289 e. The largest absolute Gasteiger partial charge is 0.459 e. The number of rotatable bonds is 3. The molecule has 7 heteroatoms. The number of nitrogens with one attached hydrogen (secondary N) is 1. The number of carbonyl (C=O) groups excluding carboxylic acids is 2. The number of pyridine rings is 1. The third kappa shape index (κ3) is 3.71. The Labute approximate surface area is 138 Å². The maximum atomic E-state index is 12.2. The molecule has 120 valence electrons. The highest BCUT2D eigenvalue weighted by Crippen LogP contribution is 2.15. The number of piperidine rings is 1. The number of likely N-dealkylation sites (tertiary alicyclic amines) is 1. The Hall–Kier alpha value is -2.34. The second kappa shape index (κ2) is 6.83. The van der Waals surface area contributed by atoms with Crippen LogP contribution in [0.3, 0.4) is 0 Å². The minimum Gasteiger partial charge on any atom is -0.459 e. The Morgan fingerprint density at radius 3 is 2.74 bits per heavy atom. The topological polar surface area (TPSA) is 75.4 Å². The summed E-state index contributed by atoms with van der Waals surface area (Å²) < 4.78 is 5.13. The minimum absolute atomic E-state index is 0.0175. The van der Waals surface area contributed by atoms with Crippen molar-refractivity contribution in [2.45, 2.75) is 18.9 Å². The van der Waals surface area contributed by atoms with E-state index in [4.69, 9.17) is 16.0 Å². The van der Waals surface area contributed by atoms with Crippen LogP contribution in [0.1, 0.15) is 33.9 Å². The van der Waals surface area contributed by atoms with Crippen LogP contribution in [-0.2, 0) is 0 Å². The normalized spacial score (nSPS) is 15.4. The molecule has 1 aliphatic rings. The van der Waals surface area contributed by atoms with E-state index < -0.39 is 0 Å². The molecule has 1 N–H and O–H groups in total. The Kier molecular flexibility index (Phi) is 4.62. The fourth-order valence-electron chi connectivity index (χ4n) is 2.57. The lowest BCUT2D eigenvalue weighted by Crippen LogP contribution is -2.46. The van der Waals surface area contributed by atoms with Gasteiger partial charge in [0.15, 0.2) is 5.76 Å². The van der Waals surface area contributed by atoms with Gasteiger partial charge >= 0.3 is 0 Å². The van der Waals surface area contributed by atoms with Crippen molar-refractivity contribution >= 4 is 23.4 Å². The Morgan fingerprint density at radius 1 is 1.30 bits per heavy atom. The van der Waals surface area contributed by atoms with Crippen LogP contribution in [0.2, 0.25) is 5.02 Å². The van der Waals surface area contributed by atoms with Gasteiger partial charge in [-0.25, -0.2) is 0 Å². The summed E-state index contributed by atoms with van der Waals surface area (Å²) in [5.41, 5.74) is 0.298. The molecule has 0 spiro atoms. The van der Waals surface area contributed by atoms with Gasteiger partial charge in [-0.3, -0.25) is 14.6 Å². The third-order valence-corrected chi connectivity index (χ3v) is 4.04. The number of hydrogen-bond acceptors (Lipinski definition) is 4. The minimum atomic E-state index is -0.247. The van der Waals surface area contributed by atoms with Gasteiger partial charge < -0.3 is 14.6 Å². The fourth-order valence-corrected chi connectivity index (χ4v) is 2.73. The highest BCUT2D eigenvalue weighted by molar-refractivity contribution is 6.30. The molecule has 3 rings (SSSR count). The first-order chi connectivity index (χ1) is 11.1. The number of amides is 2. The molecule has 2 aromatic rings. The van der Waals surface area contributed by atoms with Gasteiger partial charge in [-0.1, -0.05) is 11.6 Å². The van der Waals surface area contributed by atoms with Gasteiger partial charge in [0.25, 0.3) is 11.8 Å². The van der Waals surface area contributed by atoms with E-state index in [0.717, 1.165) is 0 Å². The molecule has 0 unspecified atom stereocenters. The van der Waals surface area contributed by atoms with Gasteiger partial charge in [0, 0.05) is 30.4 Å². The van der Waals surface area contributed by atoms with E-state index in [2.05, 4.69) is 10.3 Å². The van der Waals surface area contributed by atoms with E-state index in [1.165, 1.54) is 18.5 Å². The second-order valence-electron chi connectivity index (χ2n) is 5.38. The van der Waals surface area contributed by atoms with Crippen LogP contribution in [-0.4, -0.2) is 40.8 Å². The van der Waals surface area contributed by atoms with E-state index in [9.17, 15) is 9.59 Å². The molecule has 0 radical (unpaired) electrons. The number of nitrogens with zero attached hydrogens (tertiary/aromatic N) is 2. The summed E-state index contributed by atoms with van der Waals surface area (Å²) in [6.07, 6.45) is 4.37. The van der Waals surface area contributed by atoms with E-state index in [1.807, 2.05) is 0 Å². The van der Waals surface area contributed by atoms with Gasteiger partial charge in [0.1, 0.15) is 5.69 Å². The molecule has 3 heterocycles. The van der Waals surface area contributed by atoms with Crippen molar-refractivity contribution in [3.8, 4) is 0 Å². The van der Waals surface area contributed by atoms with Crippen LogP contribution in [0.15, 0.2) is 41.1 Å². The molecule has 1 fully saturated rings. The Morgan fingerprint density at radius 2 is 2.09 bits per heavy atom. The molecule has 6 nitrogen and oxygen atoms in total. The van der Waals surface area contributed by atoms with Gasteiger partial charge in [-0.05, 0) is 37.1 Å². The molecule has 1 saturated heterocycles. The summed E-state index contributed by atoms with van der Waals surface area (Å²) in [4.78, 5) is 30.1. The molecule has 1 aliphatic heterocycles. The van der Waals surface area contributed by atoms with Crippen molar-refractivity contribution in [1.82, 2.24) is 15.2 Å². The zero-order valence-electron chi connectivity index (χ0n) is 12.4. The first-order valence-corrected chi connectivity index (χ1v) is 7.76. The predicted octanol–water partition coefficient (Wildman–Crippen LogP) is 2.36. The Balaban J connectivity index is 1.53. The molecule has 0 atom stereocenters. The zero-order chi connectivity index (χ0) is 16.2. The maximum absolute atomic E-state index is 12.2. The monoisotopic (exact) mass is 333 g/mol. The van der Waals surface area contributed by atoms with Crippen molar-refractivity contribution in [3.63, 3.8) is 0 Å². The van der Waals surface area contributed by atoms with Crippen LogP contribution in [0, 0.1) is 0 Å². The predicted molar refractivity (Wildman–Crippen MR) is 84.3 cm³/mol. The van der Waals surface area contributed by atoms with Crippen LogP contribution in [0.25, 0.3) is 0 Å². The lowest BCUT2D eigenvalue weighted by molar-refractivity contribution is 0.0667. The average Bonchev–Trinajstić information content (AvgIpc) is 3.09. The number of furan rings is 1. The molecular formula is C16H16ClN3O3. The molecule has 0 saturated carbocycles.